The van der Waals surface area contributed by atoms with Crippen LogP contribution in [0.2, 0.25) is 0 Å². The zero-order valence-corrected chi connectivity index (χ0v) is 20.0. The van der Waals surface area contributed by atoms with Gasteiger partial charge in [0.1, 0.15) is 17.7 Å². The second-order valence-electron chi connectivity index (χ2n) is 11.0. The van der Waals surface area contributed by atoms with Gasteiger partial charge in [-0.15, -0.1) is 0 Å². The van der Waals surface area contributed by atoms with Gasteiger partial charge in [-0.2, -0.15) is 0 Å². The molecule has 0 radical (unpaired) electrons. The van der Waals surface area contributed by atoms with Gasteiger partial charge in [0.05, 0.1) is 0 Å². The average molecular weight is 424 g/mol. The number of urea groups is 1. The van der Waals surface area contributed by atoms with Gasteiger partial charge in [0.15, 0.2) is 0 Å². The number of carbonyl (C=O) groups is 3. The first-order valence-corrected chi connectivity index (χ1v) is 11.3. The lowest BCUT2D eigenvalue weighted by Gasteiger charge is -2.35. The standard InChI is InChI=1S/C23H41N3O4/c1-14(2)17(20(28)30-23(7,8)16-11-12-16)24-21(29)25-18(22(4,5)6)19(27)26-13-9-10-15(26)3/h14-18H,9-13H2,1-8H3,(H2,24,25,29). The molecule has 0 aromatic heterocycles. The highest BCUT2D eigenvalue weighted by atomic mass is 16.6. The molecule has 1 saturated heterocycles. The van der Waals surface area contributed by atoms with Crippen molar-refractivity contribution < 1.29 is 19.1 Å². The van der Waals surface area contributed by atoms with Gasteiger partial charge in [-0.25, -0.2) is 9.59 Å². The van der Waals surface area contributed by atoms with Crippen molar-refractivity contribution in [1.29, 1.82) is 0 Å². The number of esters is 1. The summed E-state index contributed by atoms with van der Waals surface area (Å²) in [5, 5.41) is 5.61. The summed E-state index contributed by atoms with van der Waals surface area (Å²) < 4.78 is 5.74. The summed E-state index contributed by atoms with van der Waals surface area (Å²) >= 11 is 0. The van der Waals surface area contributed by atoms with Crippen molar-refractivity contribution in [3.8, 4) is 0 Å². The van der Waals surface area contributed by atoms with Crippen LogP contribution in [0.15, 0.2) is 0 Å². The third kappa shape index (κ3) is 6.11. The Morgan fingerprint density at radius 1 is 1.00 bits per heavy atom. The average Bonchev–Trinajstić information content (AvgIpc) is 3.38. The van der Waals surface area contributed by atoms with Crippen molar-refractivity contribution >= 4 is 17.9 Å². The second kappa shape index (κ2) is 9.15. The Morgan fingerprint density at radius 3 is 2.03 bits per heavy atom. The summed E-state index contributed by atoms with van der Waals surface area (Å²) in [6.45, 7) is 16.1. The number of carbonyl (C=O) groups excluding carboxylic acids is 3. The third-order valence-electron chi connectivity index (χ3n) is 6.36. The molecule has 7 heteroatoms. The zero-order chi connectivity index (χ0) is 22.9. The molecule has 2 rings (SSSR count). The number of rotatable bonds is 7. The lowest BCUT2D eigenvalue weighted by molar-refractivity contribution is -0.162. The van der Waals surface area contributed by atoms with Gasteiger partial charge in [0.25, 0.3) is 0 Å². The van der Waals surface area contributed by atoms with E-state index in [4.69, 9.17) is 4.74 Å². The number of nitrogens with zero attached hydrogens (tertiary/aromatic N) is 1. The Morgan fingerprint density at radius 2 is 1.60 bits per heavy atom. The van der Waals surface area contributed by atoms with Crippen LogP contribution in [0.5, 0.6) is 0 Å². The Kier molecular flexibility index (Phi) is 7.46. The molecule has 7 nitrogen and oxygen atoms in total. The summed E-state index contributed by atoms with van der Waals surface area (Å²) in [6.07, 6.45) is 4.08. The normalized spacial score (nSPS) is 21.9. The van der Waals surface area contributed by atoms with E-state index in [9.17, 15) is 14.4 Å². The van der Waals surface area contributed by atoms with Gasteiger partial charge < -0.3 is 20.3 Å². The number of ether oxygens (including phenoxy) is 1. The van der Waals surface area contributed by atoms with E-state index < -0.39 is 35.1 Å². The van der Waals surface area contributed by atoms with Crippen LogP contribution in [0.1, 0.15) is 81.1 Å². The predicted octanol–water partition coefficient (Wildman–Crippen LogP) is 3.47. The highest BCUT2D eigenvalue weighted by Gasteiger charge is 2.43. The number of hydrogen-bond donors (Lipinski definition) is 2. The van der Waals surface area contributed by atoms with E-state index in [0.29, 0.717) is 12.5 Å². The van der Waals surface area contributed by atoms with Crippen molar-refractivity contribution in [3.63, 3.8) is 0 Å². The first kappa shape index (κ1) is 24.5. The van der Waals surface area contributed by atoms with Crippen molar-refractivity contribution in [2.24, 2.45) is 17.3 Å². The number of likely N-dealkylation sites (tertiary alicyclic amines) is 1. The van der Waals surface area contributed by atoms with Crippen LogP contribution >= 0.6 is 0 Å². The maximum atomic E-state index is 13.2. The van der Waals surface area contributed by atoms with Crippen LogP contribution in [0.3, 0.4) is 0 Å². The molecule has 1 aliphatic carbocycles. The Hall–Kier alpha value is -1.79. The van der Waals surface area contributed by atoms with Crippen LogP contribution in [-0.2, 0) is 14.3 Å². The quantitative estimate of drug-likeness (QED) is 0.614. The van der Waals surface area contributed by atoms with Crippen molar-refractivity contribution in [2.45, 2.75) is 105 Å². The summed E-state index contributed by atoms with van der Waals surface area (Å²) in [4.78, 5) is 40.6. The Bertz CT molecular complexity index is 649. The SMILES string of the molecule is CC(C)C(NC(=O)NC(C(=O)N1CCCC1C)C(C)(C)C)C(=O)OC(C)(C)C1CC1. The highest BCUT2D eigenvalue weighted by molar-refractivity contribution is 5.90. The fourth-order valence-electron chi connectivity index (χ4n) is 4.07. The van der Waals surface area contributed by atoms with Gasteiger partial charge in [0, 0.05) is 12.6 Å². The summed E-state index contributed by atoms with van der Waals surface area (Å²) in [5.41, 5.74) is -0.989. The van der Waals surface area contributed by atoms with Crippen LogP contribution in [0, 0.1) is 17.3 Å². The molecule has 172 valence electrons. The van der Waals surface area contributed by atoms with E-state index in [1.54, 1.807) is 0 Å². The molecule has 0 spiro atoms. The van der Waals surface area contributed by atoms with E-state index in [1.807, 2.05) is 60.3 Å². The Balaban J connectivity index is 2.05. The minimum atomic E-state index is -0.774. The van der Waals surface area contributed by atoms with Crippen molar-refractivity contribution in [3.05, 3.63) is 0 Å². The van der Waals surface area contributed by atoms with Gasteiger partial charge in [-0.3, -0.25) is 4.79 Å². The summed E-state index contributed by atoms with van der Waals surface area (Å²) in [7, 11) is 0. The molecule has 0 bridgehead atoms. The smallest absolute Gasteiger partial charge is 0.329 e. The van der Waals surface area contributed by atoms with Crippen molar-refractivity contribution in [1.82, 2.24) is 15.5 Å². The number of hydrogen-bond acceptors (Lipinski definition) is 4. The molecule has 1 aliphatic heterocycles. The predicted molar refractivity (Wildman–Crippen MR) is 117 cm³/mol. The first-order valence-electron chi connectivity index (χ1n) is 11.3. The van der Waals surface area contributed by atoms with E-state index in [1.165, 1.54) is 0 Å². The molecule has 2 N–H and O–H groups in total. The molecule has 0 aromatic rings. The van der Waals surface area contributed by atoms with E-state index >= 15 is 0 Å². The second-order valence-corrected chi connectivity index (χ2v) is 11.0. The molecule has 1 saturated carbocycles. The van der Waals surface area contributed by atoms with Crippen LogP contribution in [0.4, 0.5) is 4.79 Å². The van der Waals surface area contributed by atoms with Crippen molar-refractivity contribution in [2.75, 3.05) is 6.54 Å². The van der Waals surface area contributed by atoms with E-state index in [2.05, 4.69) is 10.6 Å². The molecule has 30 heavy (non-hydrogen) atoms. The van der Waals surface area contributed by atoms with Crippen LogP contribution in [-0.4, -0.2) is 53.1 Å². The fourth-order valence-corrected chi connectivity index (χ4v) is 4.07. The molecule has 3 amide bonds. The summed E-state index contributed by atoms with van der Waals surface area (Å²) in [6, 6.07) is -1.79. The molecule has 1 heterocycles. The topological polar surface area (TPSA) is 87.7 Å². The molecule has 3 atom stereocenters. The monoisotopic (exact) mass is 423 g/mol. The largest absolute Gasteiger partial charge is 0.458 e. The van der Waals surface area contributed by atoms with Gasteiger partial charge in [0.2, 0.25) is 5.91 Å². The highest BCUT2D eigenvalue weighted by Crippen LogP contribution is 2.41. The van der Waals surface area contributed by atoms with Crippen LogP contribution in [0.25, 0.3) is 0 Å². The van der Waals surface area contributed by atoms with Gasteiger partial charge >= 0.3 is 12.0 Å². The number of nitrogens with one attached hydrogen (secondary N) is 2. The molecular weight excluding hydrogens is 382 g/mol. The number of amides is 3. The maximum Gasteiger partial charge on any atom is 0.329 e. The molecule has 0 aromatic carbocycles. The van der Waals surface area contributed by atoms with E-state index in [0.717, 1.165) is 25.7 Å². The third-order valence-corrected chi connectivity index (χ3v) is 6.36. The molecular formula is C23H41N3O4. The minimum absolute atomic E-state index is 0.0683. The maximum absolute atomic E-state index is 13.2. The van der Waals surface area contributed by atoms with Crippen LogP contribution < -0.4 is 10.6 Å². The lowest BCUT2D eigenvalue weighted by atomic mass is 9.85. The Labute approximate surface area is 181 Å². The zero-order valence-electron chi connectivity index (χ0n) is 20.0. The molecule has 2 aliphatic rings. The minimum Gasteiger partial charge on any atom is -0.458 e. The fraction of sp³-hybridized carbons (Fsp3) is 0.870. The first-order chi connectivity index (χ1) is 13.7. The lowest BCUT2D eigenvalue weighted by Crippen LogP contribution is -2.59. The van der Waals surface area contributed by atoms with Gasteiger partial charge in [-0.1, -0.05) is 34.6 Å². The molecule has 2 fully saturated rings. The molecule has 3 unspecified atom stereocenters. The van der Waals surface area contributed by atoms with E-state index in [-0.39, 0.29) is 17.9 Å². The summed E-state index contributed by atoms with van der Waals surface area (Å²) in [5.74, 6) is -0.251. The van der Waals surface area contributed by atoms with Gasteiger partial charge in [-0.05, 0) is 63.7 Å².